The van der Waals surface area contributed by atoms with Crippen molar-refractivity contribution in [2.45, 2.75) is 39.0 Å². The van der Waals surface area contributed by atoms with Gasteiger partial charge in [-0.25, -0.2) is 4.98 Å². The molecule has 1 aromatic heterocycles. The molecule has 2 atom stereocenters. The molecule has 0 aliphatic carbocycles. The summed E-state index contributed by atoms with van der Waals surface area (Å²) in [4.78, 5) is 33.6. The highest BCUT2D eigenvalue weighted by Gasteiger charge is 2.48. The molecule has 3 heterocycles. The number of aryl methyl sites for hydroxylation is 1. The van der Waals surface area contributed by atoms with Crippen molar-refractivity contribution in [1.29, 1.82) is 0 Å². The number of nitrogens with zero attached hydrogens (tertiary/aromatic N) is 2. The summed E-state index contributed by atoms with van der Waals surface area (Å²) in [6, 6.07) is 27.4. The third-order valence-electron chi connectivity index (χ3n) is 7.77. The Labute approximate surface area is 252 Å². The van der Waals surface area contributed by atoms with Gasteiger partial charge < -0.3 is 14.6 Å². The quantitative estimate of drug-likeness (QED) is 0.129. The van der Waals surface area contributed by atoms with Crippen LogP contribution in [0.15, 0.2) is 96.6 Å². The summed E-state index contributed by atoms with van der Waals surface area (Å²) in [5.41, 5.74) is 4.85. The Morgan fingerprint density at radius 3 is 2.70 bits per heavy atom. The molecule has 0 spiro atoms. The van der Waals surface area contributed by atoms with Crippen molar-refractivity contribution in [3.8, 4) is 11.5 Å². The van der Waals surface area contributed by atoms with Crippen LogP contribution in [-0.4, -0.2) is 27.9 Å². The molecule has 2 aliphatic heterocycles. The SMILES string of the molecule is Cc1ccc2nc(N3C(=O)C(=O)C(=C(O)c4ccc5c(c4)C[C@H](C)O5)[C@@H]3c3cccc(OCc4ccccc4)c3)sc2c1. The Morgan fingerprint density at radius 1 is 1.02 bits per heavy atom. The van der Waals surface area contributed by atoms with Gasteiger partial charge in [0.25, 0.3) is 5.78 Å². The number of thiazole rings is 1. The Hall–Kier alpha value is -4.95. The lowest BCUT2D eigenvalue weighted by Crippen LogP contribution is -2.29. The van der Waals surface area contributed by atoms with Gasteiger partial charge in [-0.3, -0.25) is 14.5 Å². The molecule has 2 aliphatic rings. The average molecular weight is 589 g/mol. The zero-order chi connectivity index (χ0) is 29.7. The first-order chi connectivity index (χ1) is 20.9. The minimum atomic E-state index is -0.912. The number of fused-ring (bicyclic) bond motifs is 2. The Balaban J connectivity index is 1.35. The van der Waals surface area contributed by atoms with E-state index in [1.165, 1.54) is 16.2 Å². The first-order valence-corrected chi connectivity index (χ1v) is 14.9. The zero-order valence-electron chi connectivity index (χ0n) is 23.6. The number of aromatic nitrogens is 1. The number of carbonyl (C=O) groups excluding carboxylic acids is 2. The van der Waals surface area contributed by atoms with Gasteiger partial charge in [-0.05, 0) is 78.6 Å². The van der Waals surface area contributed by atoms with Crippen molar-refractivity contribution in [2.75, 3.05) is 4.90 Å². The molecule has 1 amide bonds. The highest BCUT2D eigenvalue weighted by molar-refractivity contribution is 7.22. The number of hydrogen-bond donors (Lipinski definition) is 1. The smallest absolute Gasteiger partial charge is 0.301 e. The summed E-state index contributed by atoms with van der Waals surface area (Å²) in [6.45, 7) is 4.34. The number of hydrogen-bond acceptors (Lipinski definition) is 7. The van der Waals surface area contributed by atoms with E-state index in [1.807, 2.05) is 92.7 Å². The van der Waals surface area contributed by atoms with E-state index in [0.717, 1.165) is 32.7 Å². The van der Waals surface area contributed by atoms with Gasteiger partial charge in [-0.1, -0.05) is 59.9 Å². The van der Waals surface area contributed by atoms with Crippen LogP contribution in [0.5, 0.6) is 11.5 Å². The van der Waals surface area contributed by atoms with Crippen LogP contribution in [0.4, 0.5) is 5.13 Å². The van der Waals surface area contributed by atoms with Crippen LogP contribution in [-0.2, 0) is 22.6 Å². The zero-order valence-corrected chi connectivity index (χ0v) is 24.4. The predicted molar refractivity (Wildman–Crippen MR) is 167 cm³/mol. The molecule has 1 saturated heterocycles. The molecule has 0 bridgehead atoms. The fraction of sp³-hybridized carbons (Fsp3) is 0.171. The minimum absolute atomic E-state index is 0.00700. The van der Waals surface area contributed by atoms with E-state index in [0.29, 0.717) is 35.0 Å². The molecule has 5 aromatic rings. The molecule has 214 valence electrons. The summed E-state index contributed by atoms with van der Waals surface area (Å²) >= 11 is 1.34. The molecule has 1 fully saturated rings. The van der Waals surface area contributed by atoms with Crippen LogP contribution in [0.1, 0.15) is 40.8 Å². The number of carbonyl (C=O) groups is 2. The molecule has 4 aromatic carbocycles. The fourth-order valence-electron chi connectivity index (χ4n) is 5.71. The first kappa shape index (κ1) is 26.9. The topological polar surface area (TPSA) is 89.0 Å². The number of ether oxygens (including phenoxy) is 2. The van der Waals surface area contributed by atoms with Crippen LogP contribution >= 0.6 is 11.3 Å². The first-order valence-electron chi connectivity index (χ1n) is 14.1. The van der Waals surface area contributed by atoms with Crippen LogP contribution in [0.25, 0.3) is 16.0 Å². The molecule has 0 saturated carbocycles. The maximum Gasteiger partial charge on any atom is 0.301 e. The highest BCUT2D eigenvalue weighted by atomic mass is 32.1. The van der Waals surface area contributed by atoms with E-state index >= 15 is 0 Å². The normalized spacial score (nSPS) is 19.1. The van der Waals surface area contributed by atoms with E-state index in [4.69, 9.17) is 14.5 Å². The largest absolute Gasteiger partial charge is 0.507 e. The molecule has 0 radical (unpaired) electrons. The van der Waals surface area contributed by atoms with Gasteiger partial charge in [-0.15, -0.1) is 0 Å². The third kappa shape index (κ3) is 4.93. The molecule has 7 nitrogen and oxygen atoms in total. The van der Waals surface area contributed by atoms with E-state index in [2.05, 4.69) is 0 Å². The fourth-order valence-corrected chi connectivity index (χ4v) is 6.80. The summed E-state index contributed by atoms with van der Waals surface area (Å²) in [6.07, 6.45) is 0.722. The van der Waals surface area contributed by atoms with Crippen LogP contribution in [0, 0.1) is 6.92 Å². The molecule has 1 N–H and O–H groups in total. The third-order valence-corrected chi connectivity index (χ3v) is 8.79. The second-order valence-electron chi connectivity index (χ2n) is 10.9. The number of anilines is 1. The Kier molecular flexibility index (Phi) is 6.70. The Morgan fingerprint density at radius 2 is 1.86 bits per heavy atom. The monoisotopic (exact) mass is 588 g/mol. The van der Waals surface area contributed by atoms with Crippen LogP contribution < -0.4 is 14.4 Å². The summed E-state index contributed by atoms with van der Waals surface area (Å²) in [7, 11) is 0. The molecule has 43 heavy (non-hydrogen) atoms. The number of aliphatic hydroxyl groups is 1. The van der Waals surface area contributed by atoms with Crippen molar-refractivity contribution < 1.29 is 24.2 Å². The van der Waals surface area contributed by atoms with E-state index in [-0.39, 0.29) is 17.4 Å². The van der Waals surface area contributed by atoms with Gasteiger partial charge in [0.05, 0.1) is 21.8 Å². The van der Waals surface area contributed by atoms with Gasteiger partial charge in [0.2, 0.25) is 0 Å². The van der Waals surface area contributed by atoms with Crippen LogP contribution in [0.3, 0.4) is 0 Å². The van der Waals surface area contributed by atoms with Gasteiger partial charge in [0.1, 0.15) is 30.0 Å². The number of benzene rings is 4. The van der Waals surface area contributed by atoms with Gasteiger partial charge in [-0.2, -0.15) is 0 Å². The van der Waals surface area contributed by atoms with Gasteiger partial charge in [0, 0.05) is 12.0 Å². The molecule has 0 unspecified atom stereocenters. The van der Waals surface area contributed by atoms with Gasteiger partial charge in [0.15, 0.2) is 5.13 Å². The van der Waals surface area contributed by atoms with Crippen molar-refractivity contribution in [2.24, 2.45) is 0 Å². The lowest BCUT2D eigenvalue weighted by Gasteiger charge is -2.23. The minimum Gasteiger partial charge on any atom is -0.507 e. The summed E-state index contributed by atoms with van der Waals surface area (Å²) < 4.78 is 12.8. The van der Waals surface area contributed by atoms with E-state index in [1.54, 1.807) is 12.1 Å². The van der Waals surface area contributed by atoms with Crippen molar-refractivity contribution in [1.82, 2.24) is 4.98 Å². The predicted octanol–water partition coefficient (Wildman–Crippen LogP) is 7.13. The average Bonchev–Trinajstić information content (AvgIpc) is 3.68. The maximum atomic E-state index is 13.8. The number of amides is 1. The number of aliphatic hydroxyl groups excluding tert-OH is 1. The second-order valence-corrected chi connectivity index (χ2v) is 11.9. The van der Waals surface area contributed by atoms with Crippen LogP contribution in [0.2, 0.25) is 0 Å². The van der Waals surface area contributed by atoms with E-state index < -0.39 is 17.7 Å². The molecular weight excluding hydrogens is 560 g/mol. The number of ketones is 1. The van der Waals surface area contributed by atoms with Gasteiger partial charge >= 0.3 is 5.91 Å². The number of Topliss-reactive ketones (excluding diaryl/α,β-unsaturated/α-hetero) is 1. The lowest BCUT2D eigenvalue weighted by atomic mass is 9.94. The summed E-state index contributed by atoms with van der Waals surface area (Å²) in [5, 5.41) is 12.1. The second kappa shape index (κ2) is 10.7. The molecule has 8 heteroatoms. The van der Waals surface area contributed by atoms with Crippen molar-refractivity contribution in [3.05, 3.63) is 124 Å². The van der Waals surface area contributed by atoms with Crippen molar-refractivity contribution in [3.63, 3.8) is 0 Å². The standard InChI is InChI=1S/C35H28N2O5S/c1-20-11-13-27-29(15-20)43-35(36-27)37-31(23-9-6-10-26(18-23)41-19-22-7-4-3-5-8-22)30(33(39)34(37)40)32(38)24-12-14-28-25(17-24)16-21(2)42-28/h3-15,17-18,21,31,38H,16,19H2,1-2H3/t21-,31-/m0/s1. The maximum absolute atomic E-state index is 13.8. The Bertz CT molecular complexity index is 1930. The molecule has 7 rings (SSSR count). The number of rotatable bonds is 6. The highest BCUT2D eigenvalue weighted by Crippen LogP contribution is 2.45. The lowest BCUT2D eigenvalue weighted by molar-refractivity contribution is -0.132. The molecular formula is C35H28N2O5S. The summed E-state index contributed by atoms with van der Waals surface area (Å²) in [5.74, 6) is -0.403. The van der Waals surface area contributed by atoms with E-state index in [9.17, 15) is 14.7 Å². The van der Waals surface area contributed by atoms with Crippen molar-refractivity contribution >= 4 is 44.1 Å².